The van der Waals surface area contributed by atoms with Gasteiger partial charge in [0.2, 0.25) is 0 Å². The van der Waals surface area contributed by atoms with Crippen LogP contribution in [0.1, 0.15) is 44.5 Å². The molecule has 0 bridgehead atoms. The first-order valence-corrected chi connectivity index (χ1v) is 31.0. The molecule has 1 aliphatic carbocycles. The molecular formula is C63H65O16P3. The van der Waals surface area contributed by atoms with Gasteiger partial charge in [-0.2, -0.15) is 0 Å². The number of hydrogen-bond acceptors (Lipinski definition) is 16. The average Bonchev–Trinajstić information content (AvgIpc) is 3.71. The van der Waals surface area contributed by atoms with Crippen LogP contribution in [-0.4, -0.2) is 48.5 Å². The summed E-state index contributed by atoms with van der Waals surface area (Å²) in [5.74, 6) is 0. The zero-order chi connectivity index (χ0) is 56.7. The van der Waals surface area contributed by atoms with Gasteiger partial charge in [-0.25, -0.2) is 13.7 Å². The fourth-order valence-corrected chi connectivity index (χ4v) is 12.7. The molecule has 82 heavy (non-hydrogen) atoms. The van der Waals surface area contributed by atoms with Crippen LogP contribution in [0.5, 0.6) is 0 Å². The molecule has 428 valence electrons. The van der Waals surface area contributed by atoms with Gasteiger partial charge in [0, 0.05) is 0 Å². The highest BCUT2D eigenvalue weighted by Crippen LogP contribution is 2.60. The molecule has 0 aliphatic heterocycles. The molecule has 16 nitrogen and oxygen atoms in total. The third-order valence-electron chi connectivity index (χ3n) is 12.9. The predicted octanol–water partition coefficient (Wildman–Crippen LogP) is 14.3. The van der Waals surface area contributed by atoms with Gasteiger partial charge >= 0.3 is 23.5 Å². The molecule has 0 amide bonds. The summed E-state index contributed by atoms with van der Waals surface area (Å²) in [5.41, 5.74) is 5.13. The summed E-state index contributed by atoms with van der Waals surface area (Å²) >= 11 is 0. The second kappa shape index (κ2) is 31.0. The molecule has 0 saturated heterocycles. The third-order valence-corrected chi connectivity index (χ3v) is 17.0. The topological polar surface area (TPSA) is 182 Å². The maximum absolute atomic E-state index is 15.8. The number of rotatable bonds is 32. The zero-order valence-electron chi connectivity index (χ0n) is 44.8. The summed E-state index contributed by atoms with van der Waals surface area (Å²) in [6, 6.07) is 72.0. The molecule has 6 atom stereocenters. The monoisotopic (exact) mass is 1170 g/mol. The summed E-state index contributed by atoms with van der Waals surface area (Å²) in [7, 11) is -14.8. The number of hydrogen-bond donors (Lipinski definition) is 1. The first-order chi connectivity index (χ1) is 40.1. The molecule has 1 N–H and O–H groups in total. The molecule has 0 unspecified atom stereocenters. The van der Waals surface area contributed by atoms with E-state index in [9.17, 15) is 5.11 Å². The highest BCUT2D eigenvalue weighted by molar-refractivity contribution is 7.49. The molecule has 1 saturated carbocycles. The van der Waals surface area contributed by atoms with E-state index in [1.165, 1.54) is 0 Å². The molecule has 0 radical (unpaired) electrons. The fraction of sp³-hybridized carbons (Fsp3) is 0.238. The minimum Gasteiger partial charge on any atom is -0.387 e. The quantitative estimate of drug-likeness (QED) is 0.0238. The number of ether oxygens (including phenoxy) is 3. The maximum atomic E-state index is 15.8. The highest BCUT2D eigenvalue weighted by atomic mass is 31.2. The lowest BCUT2D eigenvalue weighted by atomic mass is 9.84. The second-order valence-electron chi connectivity index (χ2n) is 18.9. The van der Waals surface area contributed by atoms with E-state index in [0.717, 1.165) is 5.56 Å². The van der Waals surface area contributed by atoms with Crippen molar-refractivity contribution < 1.29 is 73.7 Å². The van der Waals surface area contributed by atoms with Crippen molar-refractivity contribution in [1.82, 2.24) is 0 Å². The third kappa shape index (κ3) is 18.7. The Morgan fingerprint density at radius 1 is 0.268 bits per heavy atom. The molecule has 0 heterocycles. The number of phosphoric acid groups is 3. The first-order valence-electron chi connectivity index (χ1n) is 26.6. The minimum atomic E-state index is -4.97. The SMILES string of the molecule is O=P(OCc1ccccc1)(OCc1ccccc1)O[C@@H]1[C@@H](OCc2ccccc2)[C@H](OP(=O)(OCc2ccccc2)OCc2ccccc2)[C@H](OCOCc2ccccc2)[C@H](O)[C@H]1OP(=O)(OCc1ccccc1)OCc1ccccc1. The molecular weight excluding hydrogens is 1110 g/mol. The fourth-order valence-electron chi connectivity index (χ4n) is 8.62. The van der Waals surface area contributed by atoms with E-state index >= 15 is 13.7 Å². The summed E-state index contributed by atoms with van der Waals surface area (Å²) in [4.78, 5) is 0. The van der Waals surface area contributed by atoms with Crippen LogP contribution in [0.4, 0.5) is 0 Å². The first kappa shape index (κ1) is 60.5. The van der Waals surface area contributed by atoms with E-state index in [4.69, 9.17) is 54.9 Å². The number of aliphatic hydroxyl groups is 1. The lowest BCUT2D eigenvalue weighted by Gasteiger charge is -2.48. The van der Waals surface area contributed by atoms with Gasteiger partial charge in [-0.1, -0.05) is 243 Å². The molecule has 0 aromatic heterocycles. The van der Waals surface area contributed by atoms with Gasteiger partial charge in [0.25, 0.3) is 0 Å². The van der Waals surface area contributed by atoms with Gasteiger partial charge in [-0.15, -0.1) is 0 Å². The molecule has 8 aromatic carbocycles. The molecule has 8 aromatic rings. The Hall–Kier alpha value is -6.07. The van der Waals surface area contributed by atoms with E-state index in [2.05, 4.69) is 0 Å². The van der Waals surface area contributed by atoms with Crippen molar-refractivity contribution in [3.8, 4) is 0 Å². The highest BCUT2D eigenvalue weighted by Gasteiger charge is 2.60. The van der Waals surface area contributed by atoms with E-state index in [1.807, 2.05) is 84.9 Å². The Morgan fingerprint density at radius 2 is 0.500 bits per heavy atom. The zero-order valence-corrected chi connectivity index (χ0v) is 47.5. The van der Waals surface area contributed by atoms with Crippen LogP contribution >= 0.6 is 23.5 Å². The summed E-state index contributed by atoms with van der Waals surface area (Å²) in [6.07, 6.45) is -11.1. The van der Waals surface area contributed by atoms with Gasteiger partial charge in [0.1, 0.15) is 43.4 Å². The number of benzene rings is 8. The van der Waals surface area contributed by atoms with Gasteiger partial charge in [0.05, 0.1) is 52.9 Å². The lowest BCUT2D eigenvalue weighted by Crippen LogP contribution is -2.66. The molecule has 1 fully saturated rings. The lowest BCUT2D eigenvalue weighted by molar-refractivity contribution is -0.256. The largest absolute Gasteiger partial charge is 0.475 e. The van der Waals surface area contributed by atoms with Gasteiger partial charge in [0.15, 0.2) is 0 Å². The molecule has 19 heteroatoms. The Labute approximate surface area is 478 Å². The molecule has 0 spiro atoms. The van der Waals surface area contributed by atoms with Crippen LogP contribution in [-0.2, 0) is 121 Å². The summed E-state index contributed by atoms with van der Waals surface area (Å²) < 4.78 is 124. The normalized spacial score (nSPS) is 18.5. The van der Waals surface area contributed by atoms with Gasteiger partial charge in [-0.05, 0) is 44.5 Å². The van der Waals surface area contributed by atoms with Crippen LogP contribution in [0.2, 0.25) is 0 Å². The summed E-state index contributed by atoms with van der Waals surface area (Å²) in [5, 5.41) is 13.3. The van der Waals surface area contributed by atoms with E-state index in [1.54, 1.807) is 158 Å². The van der Waals surface area contributed by atoms with Crippen LogP contribution in [0, 0.1) is 0 Å². The van der Waals surface area contributed by atoms with Crippen LogP contribution in [0.3, 0.4) is 0 Å². The second-order valence-corrected chi connectivity index (χ2v) is 23.8. The molecule has 1 aliphatic rings. The molecule has 9 rings (SSSR count). The predicted molar refractivity (Wildman–Crippen MR) is 307 cm³/mol. The van der Waals surface area contributed by atoms with Crippen molar-refractivity contribution in [1.29, 1.82) is 0 Å². The van der Waals surface area contributed by atoms with Gasteiger partial charge in [-0.3, -0.25) is 40.7 Å². The maximum Gasteiger partial charge on any atom is 0.475 e. The summed E-state index contributed by atoms with van der Waals surface area (Å²) in [6.45, 7) is -2.31. The Balaban J connectivity index is 1.18. The van der Waals surface area contributed by atoms with Crippen LogP contribution < -0.4 is 0 Å². The van der Waals surface area contributed by atoms with Crippen molar-refractivity contribution in [2.75, 3.05) is 6.79 Å². The van der Waals surface area contributed by atoms with Crippen LogP contribution in [0.15, 0.2) is 243 Å². The average molecular weight is 1170 g/mol. The van der Waals surface area contributed by atoms with Crippen molar-refractivity contribution in [2.24, 2.45) is 0 Å². The van der Waals surface area contributed by atoms with Crippen molar-refractivity contribution in [2.45, 2.75) is 89.5 Å². The Kier molecular flexibility index (Phi) is 22.9. The Morgan fingerprint density at radius 3 is 0.780 bits per heavy atom. The van der Waals surface area contributed by atoms with Crippen molar-refractivity contribution >= 4 is 23.5 Å². The standard InChI is InChI=1S/C63H65O16P3/c64-58-59(70-49-68-41-50-25-9-1-10-26-50)62(78-81(66,73-45-54-33-17-5-18-34-54)74-46-55-35-19-6-20-36-55)61(69-42-51-27-11-2-12-28-51)63(79-82(67,75-47-56-37-21-7-22-38-56)76-48-57-39-23-8-24-40-57)60(58)77-80(65,71-43-52-29-13-3-14-30-52)72-44-53-31-15-4-16-32-53/h1-40,58-64H,41-49H2/t58-,59+,60+,61-,62+,63-/m0/s1. The Bertz CT molecular complexity index is 3090. The smallest absolute Gasteiger partial charge is 0.387 e. The van der Waals surface area contributed by atoms with E-state index < -0.39 is 66.9 Å². The minimum absolute atomic E-state index is 0.0736. The number of phosphoric ester groups is 3. The van der Waals surface area contributed by atoms with Crippen molar-refractivity contribution in [3.05, 3.63) is 287 Å². The van der Waals surface area contributed by atoms with Crippen molar-refractivity contribution in [3.63, 3.8) is 0 Å². The number of aliphatic hydroxyl groups excluding tert-OH is 1. The van der Waals surface area contributed by atoms with Crippen LogP contribution in [0.25, 0.3) is 0 Å². The van der Waals surface area contributed by atoms with E-state index in [-0.39, 0.29) is 52.9 Å². The van der Waals surface area contributed by atoms with E-state index in [0.29, 0.717) is 38.9 Å². The van der Waals surface area contributed by atoms with Gasteiger partial charge < -0.3 is 19.3 Å².